The Morgan fingerprint density at radius 1 is 1.00 bits per heavy atom. The quantitative estimate of drug-likeness (QED) is 0.583. The molecule has 0 aliphatic carbocycles. The fraction of sp³-hybridized carbons (Fsp3) is 0.0833. The molecule has 0 saturated carbocycles. The molecule has 0 amide bonds. The third-order valence-electron chi connectivity index (χ3n) is 2.28. The molecule has 2 rings (SSSR count). The lowest BCUT2D eigenvalue weighted by atomic mass is 10.0. The molecule has 0 unspecified atom stereocenters. The molecular formula is C12H13N3. The number of nitrogens with one attached hydrogen (secondary N) is 1. The van der Waals surface area contributed by atoms with Gasteiger partial charge in [0.25, 0.3) is 0 Å². The molecule has 1 heterocycles. The van der Waals surface area contributed by atoms with Crippen LogP contribution in [0.5, 0.6) is 0 Å². The molecule has 1 aromatic heterocycles. The Kier molecular flexibility index (Phi) is 3.07. The number of nitrogens with zero attached hydrogens (tertiary/aromatic N) is 1. The summed E-state index contributed by atoms with van der Waals surface area (Å²) in [4.78, 5) is 4.28. The maximum absolute atomic E-state index is 5.55. The summed E-state index contributed by atoms with van der Waals surface area (Å²) in [5.41, 5.74) is 4.80. The Balaban J connectivity index is 2.34. The first-order valence-corrected chi connectivity index (χ1v) is 4.84. The number of pyridine rings is 1. The van der Waals surface area contributed by atoms with Crippen molar-refractivity contribution in [1.82, 2.24) is 10.4 Å². The van der Waals surface area contributed by atoms with Crippen LogP contribution in [-0.2, 0) is 0 Å². The van der Waals surface area contributed by atoms with Gasteiger partial charge in [0.05, 0.1) is 11.7 Å². The van der Waals surface area contributed by atoms with Crippen LogP contribution in [0.4, 0.5) is 0 Å². The molecule has 1 atom stereocenters. The van der Waals surface area contributed by atoms with Crippen molar-refractivity contribution < 1.29 is 0 Å². The van der Waals surface area contributed by atoms with Gasteiger partial charge in [0.1, 0.15) is 0 Å². The molecule has 0 radical (unpaired) electrons. The normalized spacial score (nSPS) is 12.3. The van der Waals surface area contributed by atoms with E-state index in [-0.39, 0.29) is 6.04 Å². The van der Waals surface area contributed by atoms with E-state index in [2.05, 4.69) is 10.4 Å². The monoisotopic (exact) mass is 199 g/mol. The van der Waals surface area contributed by atoms with E-state index in [0.717, 1.165) is 11.3 Å². The van der Waals surface area contributed by atoms with Crippen LogP contribution in [0, 0.1) is 0 Å². The summed E-state index contributed by atoms with van der Waals surface area (Å²) >= 11 is 0. The average molecular weight is 199 g/mol. The van der Waals surface area contributed by atoms with E-state index >= 15 is 0 Å². The molecule has 0 aliphatic rings. The third-order valence-corrected chi connectivity index (χ3v) is 2.28. The minimum Gasteiger partial charge on any atom is -0.271 e. The van der Waals surface area contributed by atoms with Crippen molar-refractivity contribution in [3.63, 3.8) is 0 Å². The fourth-order valence-electron chi connectivity index (χ4n) is 1.54. The third kappa shape index (κ3) is 2.21. The van der Waals surface area contributed by atoms with Crippen LogP contribution in [0.2, 0.25) is 0 Å². The first-order chi connectivity index (χ1) is 7.42. The fourth-order valence-corrected chi connectivity index (χ4v) is 1.54. The molecule has 3 nitrogen and oxygen atoms in total. The van der Waals surface area contributed by atoms with E-state index in [4.69, 9.17) is 5.84 Å². The summed E-state index contributed by atoms with van der Waals surface area (Å²) in [7, 11) is 0. The highest BCUT2D eigenvalue weighted by Crippen LogP contribution is 2.18. The zero-order valence-electron chi connectivity index (χ0n) is 8.30. The zero-order valence-corrected chi connectivity index (χ0v) is 8.30. The number of benzene rings is 1. The minimum absolute atomic E-state index is 0.0487. The van der Waals surface area contributed by atoms with E-state index < -0.39 is 0 Å². The van der Waals surface area contributed by atoms with Crippen LogP contribution < -0.4 is 11.3 Å². The molecule has 0 aliphatic heterocycles. The van der Waals surface area contributed by atoms with Gasteiger partial charge >= 0.3 is 0 Å². The van der Waals surface area contributed by atoms with Crippen LogP contribution in [0.15, 0.2) is 54.7 Å². The van der Waals surface area contributed by atoms with Crippen LogP contribution >= 0.6 is 0 Å². The average Bonchev–Trinajstić information content (AvgIpc) is 2.33. The van der Waals surface area contributed by atoms with Crippen molar-refractivity contribution in [1.29, 1.82) is 0 Å². The van der Waals surface area contributed by atoms with Gasteiger partial charge in [0.15, 0.2) is 0 Å². The van der Waals surface area contributed by atoms with Gasteiger partial charge in [0, 0.05) is 6.20 Å². The predicted octanol–water partition coefficient (Wildman–Crippen LogP) is 1.63. The lowest BCUT2D eigenvalue weighted by Crippen LogP contribution is -2.29. The van der Waals surface area contributed by atoms with Crippen LogP contribution in [0.1, 0.15) is 17.3 Å². The number of rotatable bonds is 3. The SMILES string of the molecule is NN[C@H](c1ccccc1)c1ccccn1. The topological polar surface area (TPSA) is 50.9 Å². The van der Waals surface area contributed by atoms with Gasteiger partial charge in [-0.3, -0.25) is 10.8 Å². The Hall–Kier alpha value is -1.71. The first kappa shape index (κ1) is 9.83. The van der Waals surface area contributed by atoms with Crippen molar-refractivity contribution in [3.05, 3.63) is 66.0 Å². The molecule has 1 aromatic carbocycles. The molecule has 2 aromatic rings. The van der Waals surface area contributed by atoms with Gasteiger partial charge in [-0.05, 0) is 17.7 Å². The maximum atomic E-state index is 5.55. The van der Waals surface area contributed by atoms with Gasteiger partial charge < -0.3 is 0 Å². The summed E-state index contributed by atoms with van der Waals surface area (Å²) in [6.45, 7) is 0. The van der Waals surface area contributed by atoms with Gasteiger partial charge in [-0.25, -0.2) is 5.43 Å². The summed E-state index contributed by atoms with van der Waals surface area (Å²) < 4.78 is 0. The lowest BCUT2D eigenvalue weighted by Gasteiger charge is -2.15. The Morgan fingerprint density at radius 2 is 1.73 bits per heavy atom. The predicted molar refractivity (Wildman–Crippen MR) is 59.8 cm³/mol. The highest BCUT2D eigenvalue weighted by atomic mass is 15.2. The molecular weight excluding hydrogens is 186 g/mol. The minimum atomic E-state index is -0.0487. The van der Waals surface area contributed by atoms with Crippen LogP contribution in [0.3, 0.4) is 0 Å². The van der Waals surface area contributed by atoms with Gasteiger partial charge in [-0.1, -0.05) is 36.4 Å². The Morgan fingerprint density at radius 3 is 2.33 bits per heavy atom. The number of hydrazine groups is 1. The number of aromatic nitrogens is 1. The highest BCUT2D eigenvalue weighted by molar-refractivity contribution is 5.27. The van der Waals surface area contributed by atoms with Gasteiger partial charge in [0.2, 0.25) is 0 Å². The summed E-state index contributed by atoms with van der Waals surface area (Å²) in [5.74, 6) is 5.55. The van der Waals surface area contributed by atoms with Crippen LogP contribution in [-0.4, -0.2) is 4.98 Å². The molecule has 3 N–H and O–H groups in total. The summed E-state index contributed by atoms with van der Waals surface area (Å²) in [5, 5.41) is 0. The molecule has 0 fully saturated rings. The summed E-state index contributed by atoms with van der Waals surface area (Å²) in [6.07, 6.45) is 1.77. The van der Waals surface area contributed by atoms with Crippen LogP contribution in [0.25, 0.3) is 0 Å². The van der Waals surface area contributed by atoms with E-state index in [9.17, 15) is 0 Å². The van der Waals surface area contributed by atoms with E-state index in [1.807, 2.05) is 48.5 Å². The van der Waals surface area contributed by atoms with Gasteiger partial charge in [-0.15, -0.1) is 0 Å². The van der Waals surface area contributed by atoms with Crippen molar-refractivity contribution in [3.8, 4) is 0 Å². The van der Waals surface area contributed by atoms with Crippen molar-refractivity contribution in [2.24, 2.45) is 5.84 Å². The van der Waals surface area contributed by atoms with Crippen molar-refractivity contribution in [2.45, 2.75) is 6.04 Å². The number of nitrogens with two attached hydrogens (primary N) is 1. The lowest BCUT2D eigenvalue weighted by molar-refractivity contribution is 0.621. The molecule has 76 valence electrons. The van der Waals surface area contributed by atoms with Crippen molar-refractivity contribution in [2.75, 3.05) is 0 Å². The zero-order chi connectivity index (χ0) is 10.5. The van der Waals surface area contributed by atoms with E-state index in [1.54, 1.807) is 6.20 Å². The molecule has 3 heteroatoms. The molecule has 0 spiro atoms. The molecule has 15 heavy (non-hydrogen) atoms. The van der Waals surface area contributed by atoms with E-state index in [0.29, 0.717) is 0 Å². The maximum Gasteiger partial charge on any atom is 0.0881 e. The van der Waals surface area contributed by atoms with Crippen molar-refractivity contribution >= 4 is 0 Å². The highest BCUT2D eigenvalue weighted by Gasteiger charge is 2.11. The second-order valence-corrected chi connectivity index (χ2v) is 3.26. The second kappa shape index (κ2) is 4.68. The van der Waals surface area contributed by atoms with Gasteiger partial charge in [-0.2, -0.15) is 0 Å². The smallest absolute Gasteiger partial charge is 0.0881 e. The first-order valence-electron chi connectivity index (χ1n) is 4.84. The second-order valence-electron chi connectivity index (χ2n) is 3.26. The largest absolute Gasteiger partial charge is 0.271 e. The Labute approximate surface area is 88.9 Å². The number of hydrogen-bond donors (Lipinski definition) is 2. The molecule has 0 bridgehead atoms. The standard InChI is InChI=1S/C12H13N3/c13-15-12(10-6-2-1-3-7-10)11-8-4-5-9-14-11/h1-9,12,15H,13H2/t12-/m1/s1. The van der Waals surface area contributed by atoms with E-state index in [1.165, 1.54) is 0 Å². The number of hydrogen-bond acceptors (Lipinski definition) is 3. The molecule has 0 saturated heterocycles. The summed E-state index contributed by atoms with van der Waals surface area (Å²) in [6, 6.07) is 15.8. The Bertz CT molecular complexity index is 360.